The molecule has 0 radical (unpaired) electrons. The summed E-state index contributed by atoms with van der Waals surface area (Å²) < 4.78 is 10.5. The van der Waals surface area contributed by atoms with Crippen LogP contribution in [0, 0.1) is 23.7 Å². The summed E-state index contributed by atoms with van der Waals surface area (Å²) in [5.74, 6) is 8.21. The molecule has 5 unspecified atom stereocenters. The summed E-state index contributed by atoms with van der Waals surface area (Å²) in [6.45, 7) is 10.1. The predicted molar refractivity (Wildman–Crippen MR) is 204 cm³/mol. The van der Waals surface area contributed by atoms with Crippen LogP contribution in [0.4, 0.5) is 9.59 Å². The van der Waals surface area contributed by atoms with Crippen LogP contribution in [0.3, 0.4) is 0 Å². The Morgan fingerprint density at radius 1 is 0.870 bits per heavy atom. The number of amides is 3. The van der Waals surface area contributed by atoms with Crippen LogP contribution in [0.25, 0.3) is 22.5 Å². The number of fused-ring (bicyclic) bond motifs is 2. The van der Waals surface area contributed by atoms with Crippen LogP contribution in [-0.4, -0.2) is 79.2 Å². The number of piperidine rings is 1. The molecule has 282 valence electrons. The van der Waals surface area contributed by atoms with Gasteiger partial charge in [0.1, 0.15) is 23.3 Å². The topological polar surface area (TPSA) is 146 Å². The van der Waals surface area contributed by atoms with Crippen molar-refractivity contribution in [2.24, 2.45) is 11.8 Å². The van der Waals surface area contributed by atoms with E-state index in [0.29, 0.717) is 12.5 Å². The van der Waals surface area contributed by atoms with Crippen molar-refractivity contribution in [2.75, 3.05) is 13.7 Å². The lowest BCUT2D eigenvalue weighted by Crippen LogP contribution is -2.51. The minimum atomic E-state index is -0.680. The number of rotatable bonds is 7. The van der Waals surface area contributed by atoms with Gasteiger partial charge in [-0.15, -0.1) is 0 Å². The van der Waals surface area contributed by atoms with Crippen molar-refractivity contribution in [2.45, 2.75) is 96.5 Å². The lowest BCUT2D eigenvalue weighted by atomic mass is 9.98. The number of imidazole rings is 2. The molecule has 2 aromatic heterocycles. The van der Waals surface area contributed by atoms with E-state index in [1.54, 1.807) is 6.20 Å². The van der Waals surface area contributed by atoms with E-state index in [1.165, 1.54) is 7.11 Å². The molecule has 2 bridgehead atoms. The largest absolute Gasteiger partial charge is 0.453 e. The van der Waals surface area contributed by atoms with Gasteiger partial charge in [0.05, 0.1) is 43.0 Å². The first-order chi connectivity index (χ1) is 25.9. The molecule has 3 amide bonds. The molecular formula is C42H49N7O5. The highest BCUT2D eigenvalue weighted by Crippen LogP contribution is 2.50. The fourth-order valence-corrected chi connectivity index (χ4v) is 8.01. The van der Waals surface area contributed by atoms with Gasteiger partial charge in [0.15, 0.2) is 0 Å². The van der Waals surface area contributed by atoms with Gasteiger partial charge in [0.2, 0.25) is 5.91 Å². The fourth-order valence-electron chi connectivity index (χ4n) is 8.01. The smallest absolute Gasteiger partial charge is 0.411 e. The maximum Gasteiger partial charge on any atom is 0.411 e. The summed E-state index contributed by atoms with van der Waals surface area (Å²) >= 11 is 0. The predicted octanol–water partition coefficient (Wildman–Crippen LogP) is 7.37. The number of hydrogen-bond donors (Lipinski definition) is 3. The molecule has 54 heavy (non-hydrogen) atoms. The van der Waals surface area contributed by atoms with Crippen LogP contribution in [0.2, 0.25) is 0 Å². The molecule has 2 saturated heterocycles. The molecule has 0 spiro atoms. The molecule has 12 nitrogen and oxygen atoms in total. The van der Waals surface area contributed by atoms with E-state index < -0.39 is 17.7 Å². The number of hydrogen-bond acceptors (Lipinski definition) is 7. The van der Waals surface area contributed by atoms with Crippen molar-refractivity contribution >= 4 is 18.1 Å². The molecule has 3 aliphatic rings. The second-order valence-electron chi connectivity index (χ2n) is 15.9. The quantitative estimate of drug-likeness (QED) is 0.168. The van der Waals surface area contributed by atoms with E-state index in [-0.39, 0.29) is 36.0 Å². The number of carbonyl (C=O) groups excluding carboxylic acids is 3. The molecule has 1 saturated carbocycles. The zero-order valence-corrected chi connectivity index (χ0v) is 31.8. The molecule has 3 fully saturated rings. The first-order valence-electron chi connectivity index (χ1n) is 18.9. The van der Waals surface area contributed by atoms with Crippen LogP contribution >= 0.6 is 0 Å². The molecule has 4 heterocycles. The van der Waals surface area contributed by atoms with Gasteiger partial charge < -0.3 is 29.7 Å². The molecular weight excluding hydrogens is 683 g/mol. The highest BCUT2D eigenvalue weighted by atomic mass is 16.6. The summed E-state index contributed by atoms with van der Waals surface area (Å²) in [5.41, 5.74) is 4.94. The van der Waals surface area contributed by atoms with Crippen molar-refractivity contribution in [3.05, 3.63) is 83.7 Å². The van der Waals surface area contributed by atoms with E-state index >= 15 is 0 Å². The average molecular weight is 732 g/mol. The molecule has 5 atom stereocenters. The summed E-state index contributed by atoms with van der Waals surface area (Å²) in [6, 6.07) is 15.3. The summed E-state index contributed by atoms with van der Waals surface area (Å²) in [7, 11) is 1.29. The number of benzene rings is 2. The Bertz CT molecular complexity index is 2050. The number of likely N-dealkylation sites (tertiary alicyclic amines) is 2. The van der Waals surface area contributed by atoms with Gasteiger partial charge in [-0.05, 0) is 100 Å². The molecule has 2 aliphatic heterocycles. The van der Waals surface area contributed by atoms with Crippen molar-refractivity contribution in [3.8, 4) is 34.4 Å². The summed E-state index contributed by atoms with van der Waals surface area (Å²) in [6.07, 6.45) is 7.48. The number of carbonyl (C=O) groups is 3. The van der Waals surface area contributed by atoms with Gasteiger partial charge in [0, 0.05) is 23.7 Å². The van der Waals surface area contributed by atoms with Gasteiger partial charge in [-0.3, -0.25) is 9.69 Å². The van der Waals surface area contributed by atoms with Crippen LogP contribution in [0.1, 0.15) is 102 Å². The molecule has 2 aromatic carbocycles. The van der Waals surface area contributed by atoms with Crippen molar-refractivity contribution in [1.29, 1.82) is 0 Å². The first kappa shape index (κ1) is 36.8. The minimum Gasteiger partial charge on any atom is -0.453 e. The summed E-state index contributed by atoms with van der Waals surface area (Å²) in [5, 5.41) is 2.69. The average Bonchev–Trinajstić information content (AvgIpc) is 4.00. The maximum atomic E-state index is 13.5. The Labute approximate surface area is 316 Å². The van der Waals surface area contributed by atoms with E-state index in [9.17, 15) is 14.4 Å². The number of methoxy groups -OCH3 is 1. The second kappa shape index (κ2) is 15.0. The Hall–Kier alpha value is -5.57. The molecule has 12 heteroatoms. The lowest BCUT2D eigenvalue weighted by Gasteiger charge is -2.35. The van der Waals surface area contributed by atoms with Crippen molar-refractivity contribution in [1.82, 2.24) is 35.1 Å². The molecule has 4 aromatic rings. The van der Waals surface area contributed by atoms with E-state index in [0.717, 1.165) is 77.4 Å². The van der Waals surface area contributed by atoms with Gasteiger partial charge in [-0.1, -0.05) is 50.0 Å². The normalized spacial score (nSPS) is 21.2. The minimum absolute atomic E-state index is 0.0977. The monoisotopic (exact) mass is 731 g/mol. The summed E-state index contributed by atoms with van der Waals surface area (Å²) in [4.78, 5) is 58.6. The Morgan fingerprint density at radius 3 is 2.04 bits per heavy atom. The third-order valence-electron chi connectivity index (χ3n) is 10.6. The van der Waals surface area contributed by atoms with E-state index in [1.807, 2.05) is 99.1 Å². The number of alkyl carbamates (subject to hydrolysis) is 1. The maximum absolute atomic E-state index is 13.5. The number of aromatic nitrogens is 4. The number of aromatic amines is 2. The van der Waals surface area contributed by atoms with Gasteiger partial charge in [-0.25, -0.2) is 19.6 Å². The highest BCUT2D eigenvalue weighted by Gasteiger charge is 2.51. The Kier molecular flexibility index (Phi) is 10.2. The SMILES string of the molecule is COC(=O)NC(C(=O)N1CCCC1c1ncc(-c2ccc(C#Cc3ccc(-c4cnc(C5C6CCC(C6)N5C(=O)OC(C)(C)C)[nH]4)cc3)cc2)[nH]1)C(C)C. The fraction of sp³-hybridized carbons (Fsp3) is 0.452. The van der Waals surface area contributed by atoms with Crippen molar-refractivity contribution in [3.63, 3.8) is 0 Å². The zero-order chi connectivity index (χ0) is 38.1. The van der Waals surface area contributed by atoms with Crippen molar-refractivity contribution < 1.29 is 23.9 Å². The third-order valence-corrected chi connectivity index (χ3v) is 10.6. The van der Waals surface area contributed by atoms with Crippen LogP contribution in [-0.2, 0) is 14.3 Å². The third kappa shape index (κ3) is 7.72. The number of H-pyrrole nitrogens is 2. The number of nitrogens with zero attached hydrogens (tertiary/aromatic N) is 4. The first-order valence-corrected chi connectivity index (χ1v) is 18.9. The Morgan fingerprint density at radius 2 is 1.46 bits per heavy atom. The molecule has 3 N–H and O–H groups in total. The van der Waals surface area contributed by atoms with Crippen LogP contribution in [0.5, 0.6) is 0 Å². The molecule has 7 rings (SSSR count). The van der Waals surface area contributed by atoms with Gasteiger partial charge >= 0.3 is 12.2 Å². The van der Waals surface area contributed by atoms with E-state index in [2.05, 4.69) is 32.1 Å². The number of ether oxygens (including phenoxy) is 2. The lowest BCUT2D eigenvalue weighted by molar-refractivity contribution is -0.135. The van der Waals surface area contributed by atoms with Crippen LogP contribution < -0.4 is 5.32 Å². The molecule has 1 aliphatic carbocycles. The number of nitrogens with one attached hydrogen (secondary N) is 3. The van der Waals surface area contributed by atoms with E-state index in [4.69, 9.17) is 14.5 Å². The highest BCUT2D eigenvalue weighted by molar-refractivity contribution is 5.86. The standard InChI is InChI=1S/C42H49N7O5/c1-25(2)35(47-40(51)53-6)39(50)48-21-7-8-34(48)37-43-23-32(45-37)28-15-11-26(12-16-28)9-10-27-13-17-29(18-14-27)33-24-44-38(46-33)36-30-19-20-31(22-30)49(36)41(52)54-42(3,4)5/h11-18,23-25,30-31,34-36H,7-8,19-22H2,1-6H3,(H,43,45)(H,44,46)(H,47,51). The van der Waals surface area contributed by atoms with Gasteiger partial charge in [-0.2, -0.15) is 0 Å². The second-order valence-corrected chi connectivity index (χ2v) is 15.9. The van der Waals surface area contributed by atoms with Gasteiger partial charge in [0.25, 0.3) is 0 Å². The van der Waals surface area contributed by atoms with Crippen LogP contribution in [0.15, 0.2) is 60.9 Å². The Balaban J connectivity index is 0.985. The zero-order valence-electron chi connectivity index (χ0n) is 31.8.